The molecule has 178 valence electrons. The van der Waals surface area contributed by atoms with Gasteiger partial charge in [0.25, 0.3) is 11.8 Å². The van der Waals surface area contributed by atoms with Crippen molar-refractivity contribution in [3.63, 3.8) is 0 Å². The van der Waals surface area contributed by atoms with Crippen LogP contribution in [0.5, 0.6) is 0 Å². The quantitative estimate of drug-likeness (QED) is 0.428. The number of hydrogen-bond donors (Lipinski definition) is 2. The minimum atomic E-state index is -0.906. The van der Waals surface area contributed by atoms with Crippen molar-refractivity contribution in [3.8, 4) is 5.69 Å². The maximum absolute atomic E-state index is 12.7. The first-order chi connectivity index (χ1) is 16.2. The van der Waals surface area contributed by atoms with E-state index < -0.39 is 30.4 Å². The van der Waals surface area contributed by atoms with E-state index in [2.05, 4.69) is 31.7 Å². The molecule has 0 bridgehead atoms. The van der Waals surface area contributed by atoms with Crippen molar-refractivity contribution in [2.24, 2.45) is 5.92 Å². The van der Waals surface area contributed by atoms with Gasteiger partial charge in [0.2, 0.25) is 0 Å². The summed E-state index contributed by atoms with van der Waals surface area (Å²) in [5.41, 5.74) is 3.23. The van der Waals surface area contributed by atoms with Crippen LogP contribution in [0.25, 0.3) is 5.69 Å². The third-order valence-electron chi connectivity index (χ3n) is 5.23. The molecule has 0 saturated heterocycles. The number of carbonyl (C=O) groups is 3. The van der Waals surface area contributed by atoms with Crippen LogP contribution in [0.4, 0.5) is 5.69 Å². The Morgan fingerprint density at radius 1 is 1.03 bits per heavy atom. The van der Waals surface area contributed by atoms with Crippen molar-refractivity contribution in [1.82, 2.24) is 15.1 Å². The fourth-order valence-electron chi connectivity index (χ4n) is 3.41. The van der Waals surface area contributed by atoms with Crippen LogP contribution in [0.15, 0.2) is 59.1 Å². The van der Waals surface area contributed by atoms with Crippen molar-refractivity contribution < 1.29 is 19.1 Å². The number of halogens is 1. The van der Waals surface area contributed by atoms with E-state index in [1.54, 1.807) is 49.7 Å². The van der Waals surface area contributed by atoms with E-state index in [9.17, 15) is 14.4 Å². The second-order valence-electron chi connectivity index (χ2n) is 8.12. The first-order valence-corrected chi connectivity index (χ1v) is 11.6. The van der Waals surface area contributed by atoms with Gasteiger partial charge in [-0.3, -0.25) is 9.59 Å². The van der Waals surface area contributed by atoms with Crippen LogP contribution >= 0.6 is 15.9 Å². The number of para-hydroxylation sites is 1. The Kier molecular flexibility index (Phi) is 8.22. The largest absolute Gasteiger partial charge is 0.454 e. The number of nitrogens with zero attached hydrogens (tertiary/aromatic N) is 2. The number of rotatable bonds is 8. The second-order valence-corrected chi connectivity index (χ2v) is 8.98. The van der Waals surface area contributed by atoms with Gasteiger partial charge < -0.3 is 15.4 Å². The minimum Gasteiger partial charge on any atom is -0.454 e. The number of benzene rings is 2. The van der Waals surface area contributed by atoms with Crippen LogP contribution in [0, 0.1) is 19.8 Å². The Hall–Kier alpha value is -3.46. The summed E-state index contributed by atoms with van der Waals surface area (Å²) >= 11 is 3.33. The number of carbonyl (C=O) groups excluding carboxylic acids is 3. The van der Waals surface area contributed by atoms with Crippen molar-refractivity contribution in [3.05, 3.63) is 76.0 Å². The zero-order valence-electron chi connectivity index (χ0n) is 19.5. The van der Waals surface area contributed by atoms with Gasteiger partial charge in [-0.05, 0) is 60.0 Å². The second kappa shape index (κ2) is 11.1. The van der Waals surface area contributed by atoms with E-state index in [0.29, 0.717) is 21.4 Å². The number of ether oxygens (including phenoxy) is 1. The zero-order chi connectivity index (χ0) is 24.8. The third kappa shape index (κ3) is 5.91. The van der Waals surface area contributed by atoms with Crippen molar-refractivity contribution in [2.45, 2.75) is 33.7 Å². The van der Waals surface area contributed by atoms with Crippen molar-refractivity contribution >= 4 is 39.4 Å². The van der Waals surface area contributed by atoms with Gasteiger partial charge in [0, 0.05) is 4.47 Å². The zero-order valence-corrected chi connectivity index (χ0v) is 21.0. The molecule has 0 aliphatic rings. The number of aryl methyl sites for hydroxylation is 1. The molecule has 0 aliphatic carbocycles. The van der Waals surface area contributed by atoms with E-state index in [-0.39, 0.29) is 5.92 Å². The first-order valence-electron chi connectivity index (χ1n) is 10.8. The van der Waals surface area contributed by atoms with Crippen LogP contribution in [0.3, 0.4) is 0 Å². The van der Waals surface area contributed by atoms with Gasteiger partial charge in [-0.1, -0.05) is 44.2 Å². The molecule has 0 spiro atoms. The Balaban J connectivity index is 1.62. The molecule has 2 amide bonds. The molecule has 9 heteroatoms. The van der Waals surface area contributed by atoms with Crippen LogP contribution < -0.4 is 10.6 Å². The van der Waals surface area contributed by atoms with E-state index >= 15 is 0 Å². The summed E-state index contributed by atoms with van der Waals surface area (Å²) in [6.45, 7) is 6.73. The molecule has 2 N–H and O–H groups in total. The van der Waals surface area contributed by atoms with Gasteiger partial charge in [-0.15, -0.1) is 0 Å². The monoisotopic (exact) mass is 526 g/mol. The Morgan fingerprint density at radius 3 is 2.32 bits per heavy atom. The summed E-state index contributed by atoms with van der Waals surface area (Å²) < 4.78 is 7.59. The summed E-state index contributed by atoms with van der Waals surface area (Å²) in [7, 11) is 0. The number of anilines is 1. The molecule has 34 heavy (non-hydrogen) atoms. The molecule has 3 aromatic rings. The lowest BCUT2D eigenvalue weighted by atomic mass is 10.0. The van der Waals surface area contributed by atoms with Crippen LogP contribution in [0.1, 0.15) is 35.6 Å². The SMILES string of the molecule is Cc1nn(-c2ccccc2)c(C)c1NC(=O)COC(=O)[C@@H](NC(=O)c1ccccc1Br)C(C)C. The molecular weight excluding hydrogens is 500 g/mol. The van der Waals surface area contributed by atoms with E-state index in [1.807, 2.05) is 37.3 Å². The highest BCUT2D eigenvalue weighted by atomic mass is 79.9. The van der Waals surface area contributed by atoms with Gasteiger partial charge in [-0.25, -0.2) is 9.48 Å². The fourth-order valence-corrected chi connectivity index (χ4v) is 3.87. The molecule has 0 aliphatic heterocycles. The predicted octanol–water partition coefficient (Wildman–Crippen LogP) is 4.19. The molecule has 3 rings (SSSR count). The molecule has 0 saturated carbocycles. The summed E-state index contributed by atoms with van der Waals surface area (Å²) in [4.78, 5) is 37.8. The van der Waals surface area contributed by atoms with Gasteiger partial charge in [0.15, 0.2) is 6.61 Å². The van der Waals surface area contributed by atoms with Gasteiger partial charge in [0.1, 0.15) is 6.04 Å². The molecule has 1 atom stereocenters. The molecule has 2 aromatic carbocycles. The van der Waals surface area contributed by atoms with E-state index in [4.69, 9.17) is 4.74 Å². The number of esters is 1. The minimum absolute atomic E-state index is 0.240. The molecule has 8 nitrogen and oxygen atoms in total. The third-order valence-corrected chi connectivity index (χ3v) is 5.92. The Labute approximate surface area is 206 Å². The molecule has 0 fully saturated rings. The maximum atomic E-state index is 12.7. The predicted molar refractivity (Wildman–Crippen MR) is 133 cm³/mol. The number of hydrogen-bond acceptors (Lipinski definition) is 5. The van der Waals surface area contributed by atoms with E-state index in [1.165, 1.54) is 0 Å². The average Bonchev–Trinajstić information content (AvgIpc) is 3.09. The number of nitrogens with one attached hydrogen (secondary N) is 2. The molecule has 1 aromatic heterocycles. The first kappa shape index (κ1) is 25.2. The lowest BCUT2D eigenvalue weighted by Gasteiger charge is -2.21. The maximum Gasteiger partial charge on any atom is 0.329 e. The van der Waals surface area contributed by atoms with Gasteiger partial charge in [-0.2, -0.15) is 5.10 Å². The fraction of sp³-hybridized carbons (Fsp3) is 0.280. The van der Waals surface area contributed by atoms with Gasteiger partial charge >= 0.3 is 5.97 Å². The number of aromatic nitrogens is 2. The topological polar surface area (TPSA) is 102 Å². The summed E-state index contributed by atoms with van der Waals surface area (Å²) in [5, 5.41) is 9.96. The normalized spacial score (nSPS) is 11.7. The smallest absolute Gasteiger partial charge is 0.329 e. The van der Waals surface area contributed by atoms with Crippen LogP contribution in [0.2, 0.25) is 0 Å². The summed E-state index contributed by atoms with van der Waals surface area (Å²) in [5.74, 6) is -1.83. The van der Waals surface area contributed by atoms with Crippen LogP contribution in [-0.4, -0.2) is 40.2 Å². The highest BCUT2D eigenvalue weighted by Crippen LogP contribution is 2.22. The molecule has 1 heterocycles. The van der Waals surface area contributed by atoms with Crippen LogP contribution in [-0.2, 0) is 14.3 Å². The summed E-state index contributed by atoms with van der Waals surface area (Å²) in [6, 6.07) is 15.6. The number of amides is 2. The lowest BCUT2D eigenvalue weighted by Crippen LogP contribution is -2.46. The average molecular weight is 527 g/mol. The highest BCUT2D eigenvalue weighted by molar-refractivity contribution is 9.10. The van der Waals surface area contributed by atoms with Crippen molar-refractivity contribution in [1.29, 1.82) is 0 Å². The van der Waals surface area contributed by atoms with Gasteiger partial charge in [0.05, 0.1) is 28.3 Å². The van der Waals surface area contributed by atoms with E-state index in [0.717, 1.165) is 11.4 Å². The Bertz CT molecular complexity index is 1190. The lowest BCUT2D eigenvalue weighted by molar-refractivity contribution is -0.150. The Morgan fingerprint density at radius 2 is 1.68 bits per heavy atom. The molecule has 0 unspecified atom stereocenters. The standard InChI is InChI=1S/C25H27BrN4O4/c1-15(2)22(28-24(32)19-12-8-9-13-20(19)26)25(33)34-14-21(31)27-23-16(3)29-30(17(23)4)18-10-6-5-7-11-18/h5-13,15,22H,14H2,1-4H3,(H,27,31)(H,28,32)/t22-/m0/s1. The molecule has 0 radical (unpaired) electrons. The van der Waals surface area contributed by atoms with Crippen molar-refractivity contribution in [2.75, 3.05) is 11.9 Å². The highest BCUT2D eigenvalue weighted by Gasteiger charge is 2.27. The summed E-state index contributed by atoms with van der Waals surface area (Å²) in [6.07, 6.45) is 0. The molecular formula is C25H27BrN4O4.